The maximum atomic E-state index is 12.2. The Bertz CT molecular complexity index is 321. The SMILES string of the molecule is NC1C2CC1CN(S(=O)(=O)C(F)F)C2. The molecule has 82 valence electrons. The standard InChI is InChI=1S/C7H12F2N2O2S/c8-7(9)14(12,13)11-2-4-1-5(3-11)6(4)10/h4-7H,1-3,10H2. The minimum absolute atomic E-state index is 0.000813. The van der Waals surface area contributed by atoms with E-state index in [2.05, 4.69) is 0 Å². The molecule has 0 aromatic rings. The highest BCUT2D eigenvalue weighted by molar-refractivity contribution is 7.89. The summed E-state index contributed by atoms with van der Waals surface area (Å²) < 4.78 is 47.4. The van der Waals surface area contributed by atoms with Crippen molar-refractivity contribution in [1.82, 2.24) is 4.31 Å². The van der Waals surface area contributed by atoms with E-state index in [4.69, 9.17) is 5.73 Å². The zero-order valence-electron chi connectivity index (χ0n) is 7.44. The van der Waals surface area contributed by atoms with Crippen molar-refractivity contribution in [2.45, 2.75) is 18.2 Å². The topological polar surface area (TPSA) is 63.4 Å². The number of nitrogens with zero attached hydrogens (tertiary/aromatic N) is 1. The zero-order chi connectivity index (χ0) is 10.5. The molecule has 1 aliphatic carbocycles. The fourth-order valence-corrected chi connectivity index (χ4v) is 3.23. The summed E-state index contributed by atoms with van der Waals surface area (Å²) in [6, 6.07) is -0.000813. The Morgan fingerprint density at radius 3 is 2.14 bits per heavy atom. The summed E-state index contributed by atoms with van der Waals surface area (Å²) in [6.07, 6.45) is 0.871. The van der Waals surface area contributed by atoms with Gasteiger partial charge < -0.3 is 5.73 Å². The monoisotopic (exact) mass is 226 g/mol. The second kappa shape index (κ2) is 3.11. The number of piperidine rings is 2. The van der Waals surface area contributed by atoms with Gasteiger partial charge in [0.05, 0.1) is 0 Å². The van der Waals surface area contributed by atoms with Gasteiger partial charge in [0.1, 0.15) is 0 Å². The first kappa shape index (κ1) is 10.3. The number of hydrogen-bond donors (Lipinski definition) is 1. The van der Waals surface area contributed by atoms with Crippen molar-refractivity contribution in [2.75, 3.05) is 13.1 Å². The van der Waals surface area contributed by atoms with Crippen molar-refractivity contribution < 1.29 is 17.2 Å². The maximum absolute atomic E-state index is 12.2. The molecule has 0 spiro atoms. The van der Waals surface area contributed by atoms with E-state index in [0.717, 1.165) is 10.7 Å². The third-order valence-corrected chi connectivity index (χ3v) is 4.62. The van der Waals surface area contributed by atoms with Crippen LogP contribution in [0.25, 0.3) is 0 Å². The Hall–Kier alpha value is -0.270. The lowest BCUT2D eigenvalue weighted by atomic mass is 9.67. The average molecular weight is 226 g/mol. The summed E-state index contributed by atoms with van der Waals surface area (Å²) in [4.78, 5) is 0. The minimum atomic E-state index is -4.38. The van der Waals surface area contributed by atoms with Crippen LogP contribution in [0.15, 0.2) is 0 Å². The zero-order valence-corrected chi connectivity index (χ0v) is 8.25. The molecule has 2 heterocycles. The van der Waals surface area contributed by atoms with Gasteiger partial charge in [-0.25, -0.2) is 8.42 Å². The number of hydrogen-bond acceptors (Lipinski definition) is 3. The van der Waals surface area contributed by atoms with E-state index in [1.54, 1.807) is 0 Å². The molecule has 0 aromatic heterocycles. The lowest BCUT2D eigenvalue weighted by molar-refractivity contribution is 0.0417. The molecule has 3 fully saturated rings. The summed E-state index contributed by atoms with van der Waals surface area (Å²) in [6.45, 7) is 0.314. The van der Waals surface area contributed by atoms with Crippen LogP contribution in [0.2, 0.25) is 0 Å². The third-order valence-electron chi connectivity index (χ3n) is 3.16. The van der Waals surface area contributed by atoms with Gasteiger partial charge in [0.15, 0.2) is 0 Å². The molecule has 3 rings (SSSR count). The van der Waals surface area contributed by atoms with Crippen LogP contribution in [-0.4, -0.2) is 37.6 Å². The number of sulfonamides is 1. The Balaban J connectivity index is 2.10. The van der Waals surface area contributed by atoms with Gasteiger partial charge >= 0.3 is 5.76 Å². The summed E-state index contributed by atoms with van der Waals surface area (Å²) >= 11 is 0. The minimum Gasteiger partial charge on any atom is -0.327 e. The molecule has 7 heteroatoms. The van der Waals surface area contributed by atoms with Crippen molar-refractivity contribution >= 4 is 10.0 Å². The van der Waals surface area contributed by atoms with Gasteiger partial charge in [-0.05, 0) is 18.3 Å². The van der Waals surface area contributed by atoms with Crippen LogP contribution >= 0.6 is 0 Å². The Kier molecular flexibility index (Phi) is 2.28. The number of rotatable bonds is 2. The van der Waals surface area contributed by atoms with Gasteiger partial charge in [0.2, 0.25) is 0 Å². The molecular formula is C7H12F2N2O2S. The summed E-state index contributed by atoms with van der Waals surface area (Å²) in [5, 5.41) is 0. The second-order valence-corrected chi connectivity index (χ2v) is 5.86. The van der Waals surface area contributed by atoms with E-state index >= 15 is 0 Å². The van der Waals surface area contributed by atoms with E-state index in [1.165, 1.54) is 0 Å². The van der Waals surface area contributed by atoms with Crippen molar-refractivity contribution in [3.8, 4) is 0 Å². The Morgan fingerprint density at radius 2 is 1.79 bits per heavy atom. The van der Waals surface area contributed by atoms with Crippen LogP contribution in [0.1, 0.15) is 6.42 Å². The highest BCUT2D eigenvalue weighted by Crippen LogP contribution is 2.40. The molecule has 2 aliphatic heterocycles. The molecule has 2 N–H and O–H groups in total. The van der Waals surface area contributed by atoms with Crippen molar-refractivity contribution in [1.29, 1.82) is 0 Å². The highest BCUT2D eigenvalue weighted by Gasteiger charge is 2.49. The molecule has 2 atom stereocenters. The first-order valence-electron chi connectivity index (χ1n) is 4.45. The van der Waals surface area contributed by atoms with E-state index in [9.17, 15) is 17.2 Å². The molecule has 2 unspecified atom stereocenters. The normalized spacial score (nSPS) is 38.4. The van der Waals surface area contributed by atoms with Gasteiger partial charge in [-0.1, -0.05) is 0 Å². The molecule has 3 aliphatic rings. The van der Waals surface area contributed by atoms with E-state index < -0.39 is 15.8 Å². The van der Waals surface area contributed by atoms with Crippen molar-refractivity contribution in [3.05, 3.63) is 0 Å². The maximum Gasteiger partial charge on any atom is 0.350 e. The number of alkyl halides is 2. The summed E-state index contributed by atoms with van der Waals surface area (Å²) in [5.41, 5.74) is 5.70. The van der Waals surface area contributed by atoms with Gasteiger partial charge in [0.25, 0.3) is 10.0 Å². The quantitative estimate of drug-likeness (QED) is 0.710. The predicted octanol–water partition coefficient (Wildman–Crippen LogP) is -0.182. The van der Waals surface area contributed by atoms with E-state index in [-0.39, 0.29) is 31.0 Å². The largest absolute Gasteiger partial charge is 0.350 e. The molecule has 4 nitrogen and oxygen atoms in total. The number of nitrogens with two attached hydrogens (primary N) is 1. The predicted molar refractivity (Wildman–Crippen MR) is 46.1 cm³/mol. The summed E-state index contributed by atoms with van der Waals surface area (Å²) in [5.74, 6) is -3.17. The van der Waals surface area contributed by atoms with E-state index in [1.807, 2.05) is 0 Å². The smallest absolute Gasteiger partial charge is 0.327 e. The molecule has 0 aromatic carbocycles. The Labute approximate surface area is 81.1 Å². The van der Waals surface area contributed by atoms with Crippen LogP contribution in [0.4, 0.5) is 8.78 Å². The van der Waals surface area contributed by atoms with Crippen LogP contribution in [0.5, 0.6) is 0 Å². The Morgan fingerprint density at radius 1 is 1.29 bits per heavy atom. The molecular weight excluding hydrogens is 214 g/mol. The molecule has 0 amide bonds. The van der Waals surface area contributed by atoms with E-state index in [0.29, 0.717) is 0 Å². The lowest BCUT2D eigenvalue weighted by Gasteiger charge is -2.51. The first-order valence-corrected chi connectivity index (χ1v) is 5.96. The molecule has 2 bridgehead atoms. The van der Waals surface area contributed by atoms with Crippen molar-refractivity contribution in [3.63, 3.8) is 0 Å². The van der Waals surface area contributed by atoms with Gasteiger partial charge in [-0.3, -0.25) is 0 Å². The molecule has 2 saturated heterocycles. The lowest BCUT2D eigenvalue weighted by Crippen LogP contribution is -2.63. The number of fused-ring (bicyclic) bond motifs is 2. The second-order valence-electron chi connectivity index (χ2n) is 3.96. The van der Waals surface area contributed by atoms with Gasteiger partial charge in [-0.2, -0.15) is 13.1 Å². The summed E-state index contributed by atoms with van der Waals surface area (Å²) in [7, 11) is -4.38. The number of halogens is 2. The molecule has 0 radical (unpaired) electrons. The fourth-order valence-electron chi connectivity index (χ4n) is 2.20. The van der Waals surface area contributed by atoms with Crippen LogP contribution in [-0.2, 0) is 10.0 Å². The average Bonchev–Trinajstić information content (AvgIpc) is 2.17. The van der Waals surface area contributed by atoms with Crippen LogP contribution < -0.4 is 5.73 Å². The van der Waals surface area contributed by atoms with Crippen LogP contribution in [0, 0.1) is 11.8 Å². The van der Waals surface area contributed by atoms with Crippen LogP contribution in [0.3, 0.4) is 0 Å². The molecule has 1 saturated carbocycles. The van der Waals surface area contributed by atoms with Gasteiger partial charge in [-0.15, -0.1) is 0 Å². The first-order chi connectivity index (χ1) is 6.43. The van der Waals surface area contributed by atoms with Crippen molar-refractivity contribution in [2.24, 2.45) is 17.6 Å². The highest BCUT2D eigenvalue weighted by atomic mass is 32.2. The molecule has 14 heavy (non-hydrogen) atoms. The third kappa shape index (κ3) is 1.34. The van der Waals surface area contributed by atoms with Gasteiger partial charge in [0, 0.05) is 19.1 Å². The fraction of sp³-hybridized carbons (Fsp3) is 1.00.